The molecule has 5 nitrogen and oxygen atoms in total. The minimum Gasteiger partial charge on any atom is -0.396 e. The second-order valence-corrected chi connectivity index (χ2v) is 5.44. The van der Waals surface area contributed by atoms with Crippen LogP contribution in [0.2, 0.25) is 0 Å². The highest BCUT2D eigenvalue weighted by molar-refractivity contribution is 7.21. The van der Waals surface area contributed by atoms with E-state index in [9.17, 15) is 4.79 Å². The number of nitrogens with zero attached hydrogens (tertiary/aromatic N) is 3. The molecule has 19 heavy (non-hydrogen) atoms. The molecule has 2 N–H and O–H groups in total. The number of hydrogen-bond acceptors (Lipinski definition) is 5. The Morgan fingerprint density at radius 3 is 2.58 bits per heavy atom. The van der Waals surface area contributed by atoms with Crippen molar-refractivity contribution in [2.45, 2.75) is 32.7 Å². The van der Waals surface area contributed by atoms with Gasteiger partial charge in [0.05, 0.1) is 5.69 Å². The van der Waals surface area contributed by atoms with Crippen molar-refractivity contribution in [2.24, 2.45) is 0 Å². The van der Waals surface area contributed by atoms with E-state index in [1.807, 2.05) is 7.05 Å². The highest BCUT2D eigenvalue weighted by atomic mass is 32.1. The predicted molar refractivity (Wildman–Crippen MR) is 78.3 cm³/mol. The molecule has 2 aromatic rings. The molecule has 0 bridgehead atoms. The van der Waals surface area contributed by atoms with Crippen molar-refractivity contribution in [1.82, 2.24) is 14.9 Å². The van der Waals surface area contributed by atoms with Crippen LogP contribution in [0.4, 0.5) is 5.69 Å². The van der Waals surface area contributed by atoms with E-state index >= 15 is 0 Å². The minimum absolute atomic E-state index is 0.0454. The Bertz CT molecular complexity index is 591. The third kappa shape index (κ3) is 2.40. The SMILES string of the molecule is CCC(CC)N(C)C(=O)c1sc2nccnc2c1N. The highest BCUT2D eigenvalue weighted by Gasteiger charge is 2.24. The summed E-state index contributed by atoms with van der Waals surface area (Å²) in [5.74, 6) is -0.0454. The lowest BCUT2D eigenvalue weighted by molar-refractivity contribution is 0.0729. The van der Waals surface area contributed by atoms with E-state index in [-0.39, 0.29) is 11.9 Å². The summed E-state index contributed by atoms with van der Waals surface area (Å²) < 4.78 is 0. The summed E-state index contributed by atoms with van der Waals surface area (Å²) in [6, 6.07) is 0.234. The van der Waals surface area contributed by atoms with Gasteiger partial charge in [-0.15, -0.1) is 11.3 Å². The van der Waals surface area contributed by atoms with E-state index in [0.717, 1.165) is 12.8 Å². The van der Waals surface area contributed by atoms with Gasteiger partial charge in [-0.2, -0.15) is 0 Å². The standard InChI is InChI=1S/C13H18N4OS/c1-4-8(5-2)17(3)13(18)11-9(14)10-12(19-11)16-7-6-15-10/h6-8H,4-5,14H2,1-3H3. The molecular weight excluding hydrogens is 260 g/mol. The predicted octanol–water partition coefficient (Wildman–Crippen LogP) is 2.53. The molecule has 0 radical (unpaired) electrons. The van der Waals surface area contributed by atoms with Gasteiger partial charge in [0.25, 0.3) is 5.91 Å². The molecule has 6 heteroatoms. The quantitative estimate of drug-likeness (QED) is 0.932. The molecule has 0 saturated carbocycles. The molecule has 2 rings (SSSR count). The maximum Gasteiger partial charge on any atom is 0.266 e. The first kappa shape index (κ1) is 13.7. The fraction of sp³-hybridized carbons (Fsp3) is 0.462. The first-order valence-electron chi connectivity index (χ1n) is 6.36. The third-order valence-corrected chi connectivity index (χ3v) is 4.46. The van der Waals surface area contributed by atoms with E-state index in [2.05, 4.69) is 23.8 Å². The van der Waals surface area contributed by atoms with Crippen LogP contribution in [0, 0.1) is 0 Å². The Hall–Kier alpha value is -1.69. The Balaban J connectivity index is 2.39. The topological polar surface area (TPSA) is 72.1 Å². The number of nitrogens with two attached hydrogens (primary N) is 1. The van der Waals surface area contributed by atoms with E-state index in [4.69, 9.17) is 5.73 Å². The second kappa shape index (κ2) is 5.52. The Morgan fingerprint density at radius 1 is 1.37 bits per heavy atom. The number of thiophene rings is 1. The molecule has 0 atom stereocenters. The molecular formula is C13H18N4OS. The van der Waals surface area contributed by atoms with Crippen molar-refractivity contribution >= 4 is 33.3 Å². The average Bonchev–Trinajstić information content (AvgIpc) is 2.77. The smallest absolute Gasteiger partial charge is 0.266 e. The van der Waals surface area contributed by atoms with Crippen molar-refractivity contribution in [1.29, 1.82) is 0 Å². The number of anilines is 1. The maximum absolute atomic E-state index is 12.5. The number of fused-ring (bicyclic) bond motifs is 1. The number of carbonyl (C=O) groups excluding carboxylic acids is 1. The summed E-state index contributed by atoms with van der Waals surface area (Å²) in [6.45, 7) is 4.16. The monoisotopic (exact) mass is 278 g/mol. The summed E-state index contributed by atoms with van der Waals surface area (Å²) in [7, 11) is 1.82. The molecule has 2 heterocycles. The van der Waals surface area contributed by atoms with Gasteiger partial charge in [-0.05, 0) is 12.8 Å². The van der Waals surface area contributed by atoms with Crippen molar-refractivity contribution in [3.05, 3.63) is 17.3 Å². The number of rotatable bonds is 4. The first-order chi connectivity index (χ1) is 9.10. The number of hydrogen-bond donors (Lipinski definition) is 1. The van der Waals surface area contributed by atoms with Crippen LogP contribution < -0.4 is 5.73 Å². The average molecular weight is 278 g/mol. The Kier molecular flexibility index (Phi) is 3.99. The largest absolute Gasteiger partial charge is 0.396 e. The van der Waals surface area contributed by atoms with Gasteiger partial charge in [0, 0.05) is 25.5 Å². The maximum atomic E-state index is 12.5. The van der Waals surface area contributed by atoms with Crippen LogP contribution in [0.15, 0.2) is 12.4 Å². The van der Waals surface area contributed by atoms with Crippen molar-refractivity contribution < 1.29 is 4.79 Å². The molecule has 2 aromatic heterocycles. The van der Waals surface area contributed by atoms with Gasteiger partial charge in [-0.25, -0.2) is 9.97 Å². The van der Waals surface area contributed by atoms with Crippen molar-refractivity contribution in [3.8, 4) is 0 Å². The molecule has 0 aromatic carbocycles. The molecule has 0 spiro atoms. The zero-order valence-electron chi connectivity index (χ0n) is 11.4. The summed E-state index contributed by atoms with van der Waals surface area (Å²) in [5, 5.41) is 0. The molecule has 1 amide bonds. The molecule has 0 aliphatic carbocycles. The van der Waals surface area contributed by atoms with E-state index in [1.165, 1.54) is 11.3 Å². The van der Waals surface area contributed by atoms with E-state index < -0.39 is 0 Å². The number of nitrogen functional groups attached to an aromatic ring is 1. The summed E-state index contributed by atoms with van der Waals surface area (Å²) in [5.41, 5.74) is 7.08. The van der Waals surface area contributed by atoms with Gasteiger partial charge in [0.1, 0.15) is 15.2 Å². The van der Waals surface area contributed by atoms with Crippen LogP contribution in [-0.2, 0) is 0 Å². The molecule has 0 aliphatic heterocycles. The summed E-state index contributed by atoms with van der Waals surface area (Å²) >= 11 is 1.31. The fourth-order valence-electron chi connectivity index (χ4n) is 2.17. The molecule has 0 unspecified atom stereocenters. The van der Waals surface area contributed by atoms with Gasteiger partial charge in [-0.1, -0.05) is 13.8 Å². The molecule has 0 aliphatic rings. The van der Waals surface area contributed by atoms with Crippen LogP contribution in [-0.4, -0.2) is 33.9 Å². The van der Waals surface area contributed by atoms with Gasteiger partial charge in [0.2, 0.25) is 0 Å². The molecule has 0 saturated heterocycles. The Morgan fingerprint density at radius 2 is 2.00 bits per heavy atom. The van der Waals surface area contributed by atoms with Gasteiger partial charge in [-0.3, -0.25) is 4.79 Å². The normalized spacial score (nSPS) is 11.2. The zero-order chi connectivity index (χ0) is 14.0. The van der Waals surface area contributed by atoms with Crippen LogP contribution >= 0.6 is 11.3 Å². The third-order valence-electron chi connectivity index (χ3n) is 3.37. The number of amides is 1. The molecule has 102 valence electrons. The second-order valence-electron chi connectivity index (χ2n) is 4.44. The van der Waals surface area contributed by atoms with Crippen LogP contribution in [0.3, 0.4) is 0 Å². The number of aromatic nitrogens is 2. The lowest BCUT2D eigenvalue weighted by Crippen LogP contribution is -2.36. The molecule has 0 fully saturated rings. The van der Waals surface area contributed by atoms with Gasteiger partial charge < -0.3 is 10.6 Å². The zero-order valence-corrected chi connectivity index (χ0v) is 12.2. The van der Waals surface area contributed by atoms with Crippen LogP contribution in [0.1, 0.15) is 36.4 Å². The lowest BCUT2D eigenvalue weighted by Gasteiger charge is -2.25. The van der Waals surface area contributed by atoms with Crippen molar-refractivity contribution in [2.75, 3.05) is 12.8 Å². The highest BCUT2D eigenvalue weighted by Crippen LogP contribution is 2.31. The van der Waals surface area contributed by atoms with Gasteiger partial charge >= 0.3 is 0 Å². The number of carbonyl (C=O) groups is 1. The Labute approximate surface area is 116 Å². The van der Waals surface area contributed by atoms with E-state index in [1.54, 1.807) is 17.3 Å². The van der Waals surface area contributed by atoms with Crippen molar-refractivity contribution in [3.63, 3.8) is 0 Å². The summed E-state index contributed by atoms with van der Waals surface area (Å²) in [4.78, 5) is 23.9. The van der Waals surface area contributed by atoms with Gasteiger partial charge in [0.15, 0.2) is 0 Å². The lowest BCUT2D eigenvalue weighted by atomic mass is 10.1. The fourth-order valence-corrected chi connectivity index (χ4v) is 3.17. The summed E-state index contributed by atoms with van der Waals surface area (Å²) in [6.07, 6.45) is 5.06. The van der Waals surface area contributed by atoms with E-state index in [0.29, 0.717) is 20.9 Å². The minimum atomic E-state index is -0.0454. The first-order valence-corrected chi connectivity index (χ1v) is 7.17. The van der Waals surface area contributed by atoms with Crippen LogP contribution in [0.25, 0.3) is 10.3 Å². The van der Waals surface area contributed by atoms with Crippen LogP contribution in [0.5, 0.6) is 0 Å².